The molecule has 4 heterocycles. The quantitative estimate of drug-likeness (QED) is 0.485. The number of benzene rings is 2. The number of nitrogens with one attached hydrogen (secondary N) is 1. The van der Waals surface area contributed by atoms with E-state index in [2.05, 4.69) is 15.3 Å². The molecule has 0 bridgehead atoms. The fourth-order valence-corrected chi connectivity index (χ4v) is 4.65. The van der Waals surface area contributed by atoms with Crippen molar-refractivity contribution < 1.29 is 14.3 Å². The van der Waals surface area contributed by atoms with Gasteiger partial charge in [0.05, 0.1) is 6.54 Å². The molecule has 0 unspecified atom stereocenters. The van der Waals surface area contributed by atoms with Gasteiger partial charge in [0, 0.05) is 24.6 Å². The lowest BCUT2D eigenvalue weighted by Crippen LogP contribution is -2.38. The third-order valence-electron chi connectivity index (χ3n) is 6.53. The summed E-state index contributed by atoms with van der Waals surface area (Å²) < 4.78 is 12.8. The number of carbonyl (C=O) groups excluding carboxylic acids is 1. The zero-order chi connectivity index (χ0) is 23.8. The van der Waals surface area contributed by atoms with Crippen molar-refractivity contribution in [3.8, 4) is 11.5 Å². The van der Waals surface area contributed by atoms with Crippen molar-refractivity contribution in [1.29, 1.82) is 0 Å². The molecule has 10 nitrogen and oxygen atoms in total. The van der Waals surface area contributed by atoms with Crippen molar-refractivity contribution in [1.82, 2.24) is 29.9 Å². The van der Waals surface area contributed by atoms with Crippen LogP contribution in [0.4, 0.5) is 0 Å². The molecule has 0 saturated carbocycles. The molecule has 35 heavy (non-hydrogen) atoms. The summed E-state index contributed by atoms with van der Waals surface area (Å²) in [5.41, 5.74) is 2.04. The maximum Gasteiger partial charge on any atom is 0.281 e. The Bertz CT molecular complexity index is 1440. The van der Waals surface area contributed by atoms with Crippen LogP contribution in [-0.2, 0) is 6.54 Å². The summed E-state index contributed by atoms with van der Waals surface area (Å²) in [7, 11) is 0. The molecule has 178 valence electrons. The van der Waals surface area contributed by atoms with E-state index in [1.54, 1.807) is 22.9 Å². The molecule has 1 saturated heterocycles. The lowest BCUT2D eigenvalue weighted by molar-refractivity contribution is 0.0710. The second-order valence-corrected chi connectivity index (χ2v) is 8.78. The molecule has 2 aromatic carbocycles. The number of aromatic amines is 1. The molecule has 2 aromatic heterocycles. The van der Waals surface area contributed by atoms with Crippen molar-refractivity contribution in [2.24, 2.45) is 0 Å². The average Bonchev–Trinajstić information content (AvgIpc) is 3.31. The van der Waals surface area contributed by atoms with Crippen LogP contribution in [0.25, 0.3) is 11.2 Å². The molecule has 0 spiro atoms. The number of rotatable bonds is 4. The fraction of sp³-hybridized carbons (Fsp3) is 0.320. The highest BCUT2D eigenvalue weighted by Gasteiger charge is 2.28. The largest absolute Gasteiger partial charge is 0.486 e. The van der Waals surface area contributed by atoms with Gasteiger partial charge in [0.25, 0.3) is 11.5 Å². The highest BCUT2D eigenvalue weighted by molar-refractivity contribution is 5.95. The van der Waals surface area contributed by atoms with E-state index in [-0.39, 0.29) is 22.9 Å². The molecule has 4 aromatic rings. The van der Waals surface area contributed by atoms with Crippen molar-refractivity contribution in [3.05, 3.63) is 75.8 Å². The molecule has 1 amide bonds. The van der Waals surface area contributed by atoms with Crippen molar-refractivity contribution in [2.45, 2.75) is 25.3 Å². The number of hydrogen-bond acceptors (Lipinski definition) is 7. The molecule has 1 fully saturated rings. The van der Waals surface area contributed by atoms with E-state index in [1.807, 2.05) is 35.2 Å². The van der Waals surface area contributed by atoms with Gasteiger partial charge in [-0.15, -0.1) is 5.10 Å². The first-order valence-corrected chi connectivity index (χ1v) is 11.7. The van der Waals surface area contributed by atoms with E-state index in [9.17, 15) is 9.59 Å². The lowest BCUT2D eigenvalue weighted by atomic mass is 9.95. The number of ether oxygens (including phenoxy) is 2. The predicted molar refractivity (Wildman–Crippen MR) is 127 cm³/mol. The standard InChI is InChI=1S/C25H24N6O4/c32-24-21-23(31(29-28-21)15-16-4-2-1-3-5-16)26-22(27-24)17-8-10-30(11-9-17)25(33)18-6-7-19-20(14-18)35-13-12-34-19/h1-7,14,17H,8-13,15H2,(H,26,27,32). The number of likely N-dealkylation sites (tertiary alicyclic amines) is 1. The Labute approximate surface area is 200 Å². The molecule has 0 radical (unpaired) electrons. The molecule has 10 heteroatoms. The molecular weight excluding hydrogens is 448 g/mol. The Morgan fingerprint density at radius 2 is 1.80 bits per heavy atom. The number of amides is 1. The van der Waals surface area contributed by atoms with Gasteiger partial charge in [-0.2, -0.15) is 0 Å². The monoisotopic (exact) mass is 472 g/mol. The second-order valence-electron chi connectivity index (χ2n) is 8.78. The summed E-state index contributed by atoms with van der Waals surface area (Å²) in [6.07, 6.45) is 1.40. The Hall–Kier alpha value is -4.21. The van der Waals surface area contributed by atoms with E-state index in [0.29, 0.717) is 74.2 Å². The molecule has 2 aliphatic rings. The van der Waals surface area contributed by atoms with Gasteiger partial charge in [0.2, 0.25) is 0 Å². The first-order valence-electron chi connectivity index (χ1n) is 11.7. The number of fused-ring (bicyclic) bond motifs is 2. The number of carbonyl (C=O) groups is 1. The number of aromatic nitrogens is 5. The topological polar surface area (TPSA) is 115 Å². The van der Waals surface area contributed by atoms with Gasteiger partial charge in [0.15, 0.2) is 22.7 Å². The Morgan fingerprint density at radius 3 is 2.60 bits per heavy atom. The average molecular weight is 473 g/mol. The zero-order valence-electron chi connectivity index (χ0n) is 19.0. The Morgan fingerprint density at radius 1 is 1.03 bits per heavy atom. The van der Waals surface area contributed by atoms with Crippen LogP contribution in [0.5, 0.6) is 11.5 Å². The maximum atomic E-state index is 13.1. The van der Waals surface area contributed by atoms with Crippen LogP contribution < -0.4 is 15.0 Å². The van der Waals surface area contributed by atoms with Gasteiger partial charge >= 0.3 is 0 Å². The number of hydrogen-bond donors (Lipinski definition) is 1. The van der Waals surface area contributed by atoms with Gasteiger partial charge in [0.1, 0.15) is 19.0 Å². The SMILES string of the molecule is O=C(c1ccc2c(c1)OCCO2)N1CCC(c2nc3c(nnn3Cc3ccccc3)c(=O)[nH]2)CC1. The van der Waals surface area contributed by atoms with Crippen LogP contribution in [0.15, 0.2) is 53.3 Å². The summed E-state index contributed by atoms with van der Waals surface area (Å²) >= 11 is 0. The highest BCUT2D eigenvalue weighted by Crippen LogP contribution is 2.32. The molecule has 0 aliphatic carbocycles. The van der Waals surface area contributed by atoms with E-state index in [1.165, 1.54) is 0 Å². The van der Waals surface area contributed by atoms with Gasteiger partial charge in [-0.1, -0.05) is 35.5 Å². The zero-order valence-corrected chi connectivity index (χ0v) is 19.0. The third-order valence-corrected chi connectivity index (χ3v) is 6.53. The van der Waals surface area contributed by atoms with Gasteiger partial charge in [-0.05, 0) is 36.6 Å². The summed E-state index contributed by atoms with van der Waals surface area (Å²) in [6, 6.07) is 15.2. The first kappa shape index (κ1) is 21.3. The number of piperidine rings is 1. The Balaban J connectivity index is 1.18. The first-order chi connectivity index (χ1) is 17.2. The normalized spacial score (nSPS) is 15.9. The van der Waals surface area contributed by atoms with Crippen LogP contribution in [0.3, 0.4) is 0 Å². The minimum absolute atomic E-state index is 0.0384. The minimum Gasteiger partial charge on any atom is -0.486 e. The highest BCUT2D eigenvalue weighted by atomic mass is 16.6. The van der Waals surface area contributed by atoms with Crippen LogP contribution in [0.2, 0.25) is 0 Å². The third kappa shape index (κ3) is 4.11. The molecule has 6 rings (SSSR count). The van der Waals surface area contributed by atoms with Gasteiger partial charge in [-0.3, -0.25) is 9.59 Å². The summed E-state index contributed by atoms with van der Waals surface area (Å²) in [4.78, 5) is 35.2. The van der Waals surface area contributed by atoms with E-state index >= 15 is 0 Å². The molecule has 0 atom stereocenters. The van der Waals surface area contributed by atoms with Gasteiger partial charge < -0.3 is 19.4 Å². The molecule has 2 aliphatic heterocycles. The minimum atomic E-state index is -0.293. The lowest BCUT2D eigenvalue weighted by Gasteiger charge is -2.31. The summed E-state index contributed by atoms with van der Waals surface area (Å²) in [6.45, 7) is 2.61. The van der Waals surface area contributed by atoms with Crippen LogP contribution in [-0.4, -0.2) is 62.1 Å². The maximum absolute atomic E-state index is 13.1. The smallest absolute Gasteiger partial charge is 0.281 e. The van der Waals surface area contributed by atoms with E-state index in [0.717, 1.165) is 5.56 Å². The summed E-state index contributed by atoms with van der Waals surface area (Å²) in [5.74, 6) is 1.88. The molecule has 1 N–H and O–H groups in total. The second kappa shape index (κ2) is 8.86. The Kier molecular flexibility index (Phi) is 5.40. The fourth-order valence-electron chi connectivity index (χ4n) is 4.65. The van der Waals surface area contributed by atoms with Crippen LogP contribution >= 0.6 is 0 Å². The summed E-state index contributed by atoms with van der Waals surface area (Å²) in [5, 5.41) is 8.18. The van der Waals surface area contributed by atoms with Crippen LogP contribution in [0.1, 0.15) is 40.5 Å². The van der Waals surface area contributed by atoms with Crippen molar-refractivity contribution in [3.63, 3.8) is 0 Å². The van der Waals surface area contributed by atoms with Gasteiger partial charge in [-0.25, -0.2) is 9.67 Å². The predicted octanol–water partition coefficient (Wildman–Crippen LogP) is 2.35. The van der Waals surface area contributed by atoms with Crippen LogP contribution in [0, 0.1) is 0 Å². The van der Waals surface area contributed by atoms with E-state index < -0.39 is 0 Å². The van der Waals surface area contributed by atoms with E-state index in [4.69, 9.17) is 14.5 Å². The van der Waals surface area contributed by atoms with Crippen molar-refractivity contribution >= 4 is 17.1 Å². The number of nitrogens with zero attached hydrogens (tertiary/aromatic N) is 5. The number of H-pyrrole nitrogens is 1. The molecular formula is C25H24N6O4. The van der Waals surface area contributed by atoms with Crippen molar-refractivity contribution in [2.75, 3.05) is 26.3 Å².